The van der Waals surface area contributed by atoms with Crippen LogP contribution in [0.3, 0.4) is 0 Å². The fourth-order valence-electron chi connectivity index (χ4n) is 2.67. The highest BCUT2D eigenvalue weighted by Gasteiger charge is 2.29. The zero-order chi connectivity index (χ0) is 16.1. The molecule has 0 aromatic heterocycles. The SMILES string of the molecule is COC(=O)C1CCCN(C(=O)c2ccc(OC)c(OC)c2)C1. The molecule has 1 heterocycles. The lowest BCUT2D eigenvalue weighted by molar-refractivity contribution is -0.146. The smallest absolute Gasteiger partial charge is 0.310 e. The minimum atomic E-state index is -0.259. The number of carbonyl (C=O) groups is 2. The lowest BCUT2D eigenvalue weighted by Gasteiger charge is -2.31. The number of likely N-dealkylation sites (tertiary alicyclic amines) is 1. The van der Waals surface area contributed by atoms with E-state index in [9.17, 15) is 9.59 Å². The number of hydrogen-bond acceptors (Lipinski definition) is 5. The molecule has 0 saturated carbocycles. The van der Waals surface area contributed by atoms with Crippen molar-refractivity contribution in [2.45, 2.75) is 12.8 Å². The highest BCUT2D eigenvalue weighted by molar-refractivity contribution is 5.95. The third-order valence-electron chi connectivity index (χ3n) is 3.87. The molecule has 2 rings (SSSR count). The van der Waals surface area contributed by atoms with Gasteiger partial charge in [0.05, 0.1) is 27.2 Å². The van der Waals surface area contributed by atoms with Crippen LogP contribution in [0, 0.1) is 5.92 Å². The number of amides is 1. The fourth-order valence-corrected chi connectivity index (χ4v) is 2.67. The molecule has 1 amide bonds. The van der Waals surface area contributed by atoms with Crippen LogP contribution in [-0.4, -0.2) is 51.2 Å². The zero-order valence-electron chi connectivity index (χ0n) is 13.1. The van der Waals surface area contributed by atoms with E-state index in [-0.39, 0.29) is 17.8 Å². The highest BCUT2D eigenvalue weighted by Crippen LogP contribution is 2.29. The van der Waals surface area contributed by atoms with Gasteiger partial charge in [-0.15, -0.1) is 0 Å². The lowest BCUT2D eigenvalue weighted by Crippen LogP contribution is -2.42. The third kappa shape index (κ3) is 3.32. The molecule has 6 nitrogen and oxygen atoms in total. The van der Waals surface area contributed by atoms with Gasteiger partial charge in [0, 0.05) is 18.7 Å². The Morgan fingerprint density at radius 3 is 2.50 bits per heavy atom. The molecule has 0 N–H and O–H groups in total. The van der Waals surface area contributed by atoms with Crippen LogP contribution in [0.1, 0.15) is 23.2 Å². The number of ether oxygens (including phenoxy) is 3. The number of piperidine rings is 1. The second-order valence-corrected chi connectivity index (χ2v) is 5.18. The Morgan fingerprint density at radius 1 is 1.14 bits per heavy atom. The van der Waals surface area contributed by atoms with Crippen molar-refractivity contribution in [2.24, 2.45) is 5.92 Å². The van der Waals surface area contributed by atoms with Gasteiger partial charge >= 0.3 is 5.97 Å². The average Bonchev–Trinajstić information content (AvgIpc) is 2.59. The molecule has 1 fully saturated rings. The zero-order valence-corrected chi connectivity index (χ0v) is 13.1. The molecule has 1 aliphatic heterocycles. The molecule has 1 unspecified atom stereocenters. The van der Waals surface area contributed by atoms with E-state index in [1.54, 1.807) is 30.2 Å². The van der Waals surface area contributed by atoms with Gasteiger partial charge in [-0.2, -0.15) is 0 Å². The van der Waals surface area contributed by atoms with Crippen molar-refractivity contribution < 1.29 is 23.8 Å². The maximum Gasteiger partial charge on any atom is 0.310 e. The first-order valence-electron chi connectivity index (χ1n) is 7.19. The molecular weight excluding hydrogens is 286 g/mol. The molecule has 1 aliphatic rings. The fraction of sp³-hybridized carbons (Fsp3) is 0.500. The number of benzene rings is 1. The summed E-state index contributed by atoms with van der Waals surface area (Å²) in [6.45, 7) is 1.03. The minimum absolute atomic E-state index is 0.116. The van der Waals surface area contributed by atoms with E-state index in [0.29, 0.717) is 30.2 Å². The van der Waals surface area contributed by atoms with Gasteiger partial charge in [-0.3, -0.25) is 9.59 Å². The van der Waals surface area contributed by atoms with Crippen LogP contribution in [0.5, 0.6) is 11.5 Å². The number of carbonyl (C=O) groups excluding carboxylic acids is 2. The number of rotatable bonds is 4. The van der Waals surface area contributed by atoms with Crippen LogP contribution in [0.15, 0.2) is 18.2 Å². The predicted molar refractivity (Wildman–Crippen MR) is 80.2 cm³/mol. The van der Waals surface area contributed by atoms with Crippen molar-refractivity contribution >= 4 is 11.9 Å². The minimum Gasteiger partial charge on any atom is -0.493 e. The topological polar surface area (TPSA) is 65.1 Å². The summed E-state index contributed by atoms with van der Waals surface area (Å²) >= 11 is 0. The predicted octanol–water partition coefficient (Wildman–Crippen LogP) is 1.73. The first-order chi connectivity index (χ1) is 10.6. The molecule has 0 radical (unpaired) electrons. The second kappa shape index (κ2) is 7.15. The van der Waals surface area contributed by atoms with Crippen LogP contribution in [0.2, 0.25) is 0 Å². The largest absolute Gasteiger partial charge is 0.493 e. The van der Waals surface area contributed by atoms with Crippen LogP contribution in [-0.2, 0) is 9.53 Å². The van der Waals surface area contributed by atoms with Gasteiger partial charge in [-0.1, -0.05) is 0 Å². The van der Waals surface area contributed by atoms with Crippen molar-refractivity contribution in [3.63, 3.8) is 0 Å². The summed E-state index contributed by atoms with van der Waals surface area (Å²) < 4.78 is 15.2. The van der Waals surface area contributed by atoms with E-state index in [0.717, 1.165) is 12.8 Å². The molecule has 0 aliphatic carbocycles. The molecule has 6 heteroatoms. The number of esters is 1. The Labute approximate surface area is 129 Å². The van der Waals surface area contributed by atoms with Crippen LogP contribution in [0.25, 0.3) is 0 Å². The van der Waals surface area contributed by atoms with Gasteiger partial charge in [-0.05, 0) is 31.0 Å². The van der Waals surface area contributed by atoms with Crippen LogP contribution < -0.4 is 9.47 Å². The lowest BCUT2D eigenvalue weighted by atomic mass is 9.97. The summed E-state index contributed by atoms with van der Waals surface area (Å²) in [6.07, 6.45) is 1.54. The van der Waals surface area contributed by atoms with Gasteiger partial charge < -0.3 is 19.1 Å². The Hall–Kier alpha value is -2.24. The van der Waals surface area contributed by atoms with Crippen molar-refractivity contribution in [3.8, 4) is 11.5 Å². The van der Waals surface area contributed by atoms with Crippen molar-refractivity contribution in [3.05, 3.63) is 23.8 Å². The number of methoxy groups -OCH3 is 3. The van der Waals surface area contributed by atoms with Gasteiger partial charge in [0.2, 0.25) is 0 Å². The molecule has 120 valence electrons. The summed E-state index contributed by atoms with van der Waals surface area (Å²) in [6, 6.07) is 5.06. The standard InChI is InChI=1S/C16H21NO5/c1-20-13-7-6-11(9-14(13)21-2)15(18)17-8-4-5-12(10-17)16(19)22-3/h6-7,9,12H,4-5,8,10H2,1-3H3. The van der Waals surface area contributed by atoms with Gasteiger partial charge in [0.1, 0.15) is 0 Å². The van der Waals surface area contributed by atoms with E-state index in [1.807, 2.05) is 0 Å². The Balaban J connectivity index is 2.15. The normalized spacial score (nSPS) is 17.8. The molecule has 1 aromatic rings. The molecule has 0 bridgehead atoms. The van der Waals surface area contributed by atoms with Gasteiger partial charge in [0.25, 0.3) is 5.91 Å². The van der Waals surface area contributed by atoms with Crippen LogP contribution in [0.4, 0.5) is 0 Å². The summed E-state index contributed by atoms with van der Waals surface area (Å²) in [5.74, 6) is 0.460. The van der Waals surface area contributed by atoms with Crippen LogP contribution >= 0.6 is 0 Å². The van der Waals surface area contributed by atoms with E-state index in [2.05, 4.69) is 0 Å². The molecule has 0 spiro atoms. The Kier molecular flexibility index (Phi) is 5.25. The molecule has 1 aromatic carbocycles. The second-order valence-electron chi connectivity index (χ2n) is 5.18. The van der Waals surface area contributed by atoms with E-state index >= 15 is 0 Å². The summed E-state index contributed by atoms with van der Waals surface area (Å²) in [5.41, 5.74) is 0.517. The molecule has 1 atom stereocenters. The molecular formula is C16H21NO5. The maximum atomic E-state index is 12.6. The van der Waals surface area contributed by atoms with Crippen molar-refractivity contribution in [2.75, 3.05) is 34.4 Å². The summed E-state index contributed by atoms with van der Waals surface area (Å²) in [5, 5.41) is 0. The van der Waals surface area contributed by atoms with E-state index in [4.69, 9.17) is 14.2 Å². The Bertz CT molecular complexity index is 557. The van der Waals surface area contributed by atoms with E-state index < -0.39 is 0 Å². The molecule has 1 saturated heterocycles. The van der Waals surface area contributed by atoms with Gasteiger partial charge in [0.15, 0.2) is 11.5 Å². The summed E-state index contributed by atoms with van der Waals surface area (Å²) in [7, 11) is 4.45. The van der Waals surface area contributed by atoms with Gasteiger partial charge in [-0.25, -0.2) is 0 Å². The van der Waals surface area contributed by atoms with Crippen molar-refractivity contribution in [1.29, 1.82) is 0 Å². The quantitative estimate of drug-likeness (QED) is 0.793. The summed E-state index contributed by atoms with van der Waals surface area (Å²) in [4.78, 5) is 25.9. The highest BCUT2D eigenvalue weighted by atomic mass is 16.5. The first kappa shape index (κ1) is 16.1. The third-order valence-corrected chi connectivity index (χ3v) is 3.87. The number of nitrogens with zero attached hydrogens (tertiary/aromatic N) is 1. The number of hydrogen-bond donors (Lipinski definition) is 0. The first-order valence-corrected chi connectivity index (χ1v) is 7.19. The van der Waals surface area contributed by atoms with E-state index in [1.165, 1.54) is 14.2 Å². The van der Waals surface area contributed by atoms with Crippen molar-refractivity contribution in [1.82, 2.24) is 4.90 Å². The maximum absolute atomic E-state index is 12.6. The average molecular weight is 307 g/mol. The Morgan fingerprint density at radius 2 is 1.86 bits per heavy atom. The molecule has 22 heavy (non-hydrogen) atoms. The monoisotopic (exact) mass is 307 g/mol.